The van der Waals surface area contributed by atoms with Gasteiger partial charge in [0.05, 0.1) is 11.4 Å². The van der Waals surface area contributed by atoms with Crippen LogP contribution in [0.1, 0.15) is 41.3 Å². The van der Waals surface area contributed by atoms with Gasteiger partial charge < -0.3 is 5.32 Å². The first-order valence-electron chi connectivity index (χ1n) is 9.70. The fourth-order valence-corrected chi connectivity index (χ4v) is 4.23. The Labute approximate surface area is 174 Å². The number of rotatable bonds is 5. The third-order valence-corrected chi connectivity index (χ3v) is 5.90. The van der Waals surface area contributed by atoms with E-state index < -0.39 is 0 Å². The van der Waals surface area contributed by atoms with Gasteiger partial charge in [-0.05, 0) is 42.8 Å². The van der Waals surface area contributed by atoms with Gasteiger partial charge in [0.15, 0.2) is 0 Å². The largest absolute Gasteiger partial charge is 0.352 e. The van der Waals surface area contributed by atoms with Gasteiger partial charge in [0.2, 0.25) is 0 Å². The van der Waals surface area contributed by atoms with Crippen molar-refractivity contribution in [3.05, 3.63) is 89.2 Å². The molecule has 4 rings (SSSR count). The van der Waals surface area contributed by atoms with Gasteiger partial charge in [-0.1, -0.05) is 55.4 Å². The molecule has 0 spiro atoms. The standard InChI is InChI=1S/C24H21FN2OS/c1-2-3-14-26-24(28)16-12-13-22-20(15-16)27-23(17-8-4-6-10-19(17)25)18-9-5-7-11-21(18)29-22/h4-13,15H,2-3,14H2,1H3,(H,26,28). The Bertz CT molecular complexity index is 1090. The van der Waals surface area contributed by atoms with E-state index in [-0.39, 0.29) is 11.7 Å². The summed E-state index contributed by atoms with van der Waals surface area (Å²) < 4.78 is 14.6. The SMILES string of the molecule is CCCCNC(=O)c1ccc2c(c1)N=C(c1ccccc1F)c1ccccc1S2. The molecular weight excluding hydrogens is 383 g/mol. The number of aliphatic imine (C=N–C) groups is 1. The van der Waals surface area contributed by atoms with Gasteiger partial charge in [0.25, 0.3) is 5.91 Å². The van der Waals surface area contributed by atoms with E-state index in [2.05, 4.69) is 12.2 Å². The van der Waals surface area contributed by atoms with E-state index in [1.807, 2.05) is 36.4 Å². The molecule has 3 aromatic rings. The number of carbonyl (C=O) groups is 1. The predicted molar refractivity (Wildman–Crippen MR) is 116 cm³/mol. The lowest BCUT2D eigenvalue weighted by Gasteiger charge is -2.09. The number of amides is 1. The first kappa shape index (κ1) is 19.4. The molecule has 5 heteroatoms. The first-order chi connectivity index (χ1) is 14.2. The predicted octanol–water partition coefficient (Wildman–Crippen LogP) is 5.99. The highest BCUT2D eigenvalue weighted by Gasteiger charge is 2.21. The summed E-state index contributed by atoms with van der Waals surface area (Å²) in [6.07, 6.45) is 1.97. The Kier molecular flexibility index (Phi) is 5.76. The van der Waals surface area contributed by atoms with Crippen molar-refractivity contribution in [3.8, 4) is 0 Å². The monoisotopic (exact) mass is 404 g/mol. The lowest BCUT2D eigenvalue weighted by atomic mass is 10.0. The molecule has 0 radical (unpaired) electrons. The lowest BCUT2D eigenvalue weighted by molar-refractivity contribution is 0.0953. The number of unbranched alkanes of at least 4 members (excludes halogenated alkanes) is 1. The van der Waals surface area contributed by atoms with Crippen LogP contribution >= 0.6 is 11.8 Å². The van der Waals surface area contributed by atoms with Crippen molar-refractivity contribution in [2.75, 3.05) is 6.54 Å². The summed E-state index contributed by atoms with van der Waals surface area (Å²) in [5, 5.41) is 2.94. The van der Waals surface area contributed by atoms with Crippen LogP contribution in [0.15, 0.2) is 81.5 Å². The quantitative estimate of drug-likeness (QED) is 0.415. The molecule has 3 aromatic carbocycles. The van der Waals surface area contributed by atoms with Gasteiger partial charge >= 0.3 is 0 Å². The van der Waals surface area contributed by atoms with Gasteiger partial charge in [0.1, 0.15) is 5.82 Å². The number of benzene rings is 3. The third-order valence-electron chi connectivity index (χ3n) is 4.76. The molecule has 0 saturated carbocycles. The Morgan fingerprint density at radius 1 is 1.00 bits per heavy atom. The molecule has 3 nitrogen and oxygen atoms in total. The Balaban J connectivity index is 1.81. The minimum Gasteiger partial charge on any atom is -0.352 e. The smallest absolute Gasteiger partial charge is 0.251 e. The van der Waals surface area contributed by atoms with Gasteiger partial charge in [-0.3, -0.25) is 4.79 Å². The molecule has 1 aliphatic rings. The van der Waals surface area contributed by atoms with Crippen LogP contribution in [0.25, 0.3) is 0 Å². The third kappa shape index (κ3) is 4.10. The molecule has 0 saturated heterocycles. The molecule has 1 amide bonds. The van der Waals surface area contributed by atoms with Crippen LogP contribution < -0.4 is 5.32 Å². The second-order valence-corrected chi connectivity index (χ2v) is 7.91. The Hall–Kier alpha value is -2.92. The van der Waals surface area contributed by atoms with Crippen LogP contribution in [-0.4, -0.2) is 18.2 Å². The van der Waals surface area contributed by atoms with Gasteiger partial charge in [-0.2, -0.15) is 0 Å². The van der Waals surface area contributed by atoms with Crippen molar-refractivity contribution in [3.63, 3.8) is 0 Å². The topological polar surface area (TPSA) is 41.5 Å². The fourth-order valence-electron chi connectivity index (χ4n) is 3.22. The summed E-state index contributed by atoms with van der Waals surface area (Å²) in [5.74, 6) is -0.432. The minimum atomic E-state index is -0.317. The molecule has 0 fully saturated rings. The number of hydrogen-bond acceptors (Lipinski definition) is 3. The molecule has 0 aromatic heterocycles. The van der Waals surface area contributed by atoms with Gasteiger partial charge in [0, 0.05) is 33.0 Å². The van der Waals surface area contributed by atoms with Crippen molar-refractivity contribution in [2.45, 2.75) is 29.6 Å². The van der Waals surface area contributed by atoms with E-state index in [0.717, 1.165) is 28.2 Å². The normalized spacial score (nSPS) is 12.4. The maximum absolute atomic E-state index is 14.6. The van der Waals surface area contributed by atoms with Gasteiger partial charge in [-0.15, -0.1) is 0 Å². The number of halogens is 1. The van der Waals surface area contributed by atoms with E-state index in [4.69, 9.17) is 4.99 Å². The number of hydrogen-bond donors (Lipinski definition) is 1. The molecule has 0 unspecified atom stereocenters. The van der Waals surface area contributed by atoms with Crippen molar-refractivity contribution in [1.82, 2.24) is 5.32 Å². The van der Waals surface area contributed by atoms with E-state index >= 15 is 0 Å². The second-order valence-electron chi connectivity index (χ2n) is 6.83. The molecule has 1 aliphatic heterocycles. The van der Waals surface area contributed by atoms with Crippen LogP contribution in [0.2, 0.25) is 0 Å². The highest BCUT2D eigenvalue weighted by molar-refractivity contribution is 7.99. The number of nitrogens with zero attached hydrogens (tertiary/aromatic N) is 1. The molecule has 1 N–H and O–H groups in total. The highest BCUT2D eigenvalue weighted by atomic mass is 32.2. The van der Waals surface area contributed by atoms with Crippen molar-refractivity contribution < 1.29 is 9.18 Å². The maximum Gasteiger partial charge on any atom is 0.251 e. The van der Waals surface area contributed by atoms with E-state index in [9.17, 15) is 9.18 Å². The number of carbonyl (C=O) groups excluding carboxylic acids is 1. The second kappa shape index (κ2) is 8.62. The molecular formula is C24H21FN2OS. The van der Waals surface area contributed by atoms with Crippen LogP contribution in [-0.2, 0) is 0 Å². The highest BCUT2D eigenvalue weighted by Crippen LogP contribution is 2.41. The van der Waals surface area contributed by atoms with Crippen molar-refractivity contribution in [1.29, 1.82) is 0 Å². The number of fused-ring (bicyclic) bond motifs is 2. The summed E-state index contributed by atoms with van der Waals surface area (Å²) in [6, 6.07) is 20.0. The van der Waals surface area contributed by atoms with E-state index in [1.54, 1.807) is 36.0 Å². The van der Waals surface area contributed by atoms with Crippen molar-refractivity contribution in [2.24, 2.45) is 4.99 Å². The first-order valence-corrected chi connectivity index (χ1v) is 10.5. The van der Waals surface area contributed by atoms with Crippen LogP contribution in [0, 0.1) is 5.82 Å². The van der Waals surface area contributed by atoms with Crippen LogP contribution in [0.5, 0.6) is 0 Å². The molecule has 1 heterocycles. The maximum atomic E-state index is 14.6. The van der Waals surface area contributed by atoms with Gasteiger partial charge in [-0.25, -0.2) is 9.38 Å². The summed E-state index contributed by atoms with van der Waals surface area (Å²) in [5.41, 5.74) is 3.14. The minimum absolute atomic E-state index is 0.115. The molecule has 146 valence electrons. The Morgan fingerprint density at radius 2 is 1.76 bits per heavy atom. The lowest BCUT2D eigenvalue weighted by Crippen LogP contribution is -2.24. The summed E-state index contributed by atoms with van der Waals surface area (Å²) in [4.78, 5) is 19.3. The average Bonchev–Trinajstić information content (AvgIpc) is 2.90. The van der Waals surface area contributed by atoms with Crippen molar-refractivity contribution >= 4 is 29.1 Å². The van der Waals surface area contributed by atoms with Crippen LogP contribution in [0.4, 0.5) is 10.1 Å². The van der Waals surface area contributed by atoms with Crippen LogP contribution in [0.3, 0.4) is 0 Å². The Morgan fingerprint density at radius 3 is 2.55 bits per heavy atom. The molecule has 0 bridgehead atoms. The van der Waals surface area contributed by atoms with E-state index in [1.165, 1.54) is 6.07 Å². The summed E-state index contributed by atoms with van der Waals surface area (Å²) >= 11 is 1.58. The average molecular weight is 405 g/mol. The zero-order chi connectivity index (χ0) is 20.2. The zero-order valence-electron chi connectivity index (χ0n) is 16.1. The fraction of sp³-hybridized carbons (Fsp3) is 0.167. The summed E-state index contributed by atoms with van der Waals surface area (Å²) in [6.45, 7) is 2.73. The van der Waals surface area contributed by atoms with E-state index in [0.29, 0.717) is 29.1 Å². The zero-order valence-corrected chi connectivity index (χ0v) is 16.9. The molecule has 0 atom stereocenters. The molecule has 29 heavy (non-hydrogen) atoms. The number of nitrogens with one attached hydrogen (secondary N) is 1. The molecule has 0 aliphatic carbocycles. The summed E-state index contributed by atoms with van der Waals surface area (Å²) in [7, 11) is 0.